The van der Waals surface area contributed by atoms with E-state index in [1.807, 2.05) is 0 Å². The number of hydrogen-bond acceptors (Lipinski definition) is 4. The first-order valence-electron chi connectivity index (χ1n) is 5.87. The van der Waals surface area contributed by atoms with Crippen LogP contribution in [0.5, 0.6) is 0 Å². The second-order valence-electron chi connectivity index (χ2n) is 4.80. The lowest BCUT2D eigenvalue weighted by atomic mass is 10.2. The Morgan fingerprint density at radius 2 is 2.00 bits per heavy atom. The van der Waals surface area contributed by atoms with Crippen molar-refractivity contribution in [2.24, 2.45) is 17.0 Å². The van der Waals surface area contributed by atoms with Gasteiger partial charge in [0, 0.05) is 5.69 Å². The number of primary sulfonamides is 1. The molecule has 1 saturated carbocycles. The van der Waals surface area contributed by atoms with Gasteiger partial charge in [0.2, 0.25) is 15.9 Å². The maximum Gasteiger partial charge on any atom is 0.307 e. The molecule has 20 heavy (non-hydrogen) atoms. The number of carbonyl (C=O) groups excluding carboxylic acids is 1. The topological polar surface area (TPSA) is 127 Å². The van der Waals surface area contributed by atoms with Crippen molar-refractivity contribution in [1.29, 1.82) is 0 Å². The molecule has 1 amide bonds. The van der Waals surface area contributed by atoms with Gasteiger partial charge < -0.3 is 10.4 Å². The van der Waals surface area contributed by atoms with Crippen molar-refractivity contribution < 1.29 is 23.1 Å². The molecule has 1 fully saturated rings. The third-order valence-corrected chi connectivity index (χ3v) is 4.26. The van der Waals surface area contributed by atoms with Gasteiger partial charge in [0.05, 0.1) is 16.7 Å². The molecule has 7 nitrogen and oxygen atoms in total. The summed E-state index contributed by atoms with van der Waals surface area (Å²) < 4.78 is 22.7. The van der Waals surface area contributed by atoms with E-state index in [-0.39, 0.29) is 10.6 Å². The molecule has 4 N–H and O–H groups in total. The number of amides is 1. The van der Waals surface area contributed by atoms with Gasteiger partial charge in [-0.15, -0.1) is 0 Å². The minimum Gasteiger partial charge on any atom is -0.481 e. The fourth-order valence-corrected chi connectivity index (χ4v) is 2.79. The van der Waals surface area contributed by atoms with Crippen LogP contribution >= 0.6 is 0 Å². The molecule has 1 aliphatic rings. The van der Waals surface area contributed by atoms with Crippen LogP contribution in [0.25, 0.3) is 0 Å². The number of carbonyl (C=O) groups is 2. The Morgan fingerprint density at radius 3 is 2.50 bits per heavy atom. The Kier molecular flexibility index (Phi) is 3.53. The molecule has 0 unspecified atom stereocenters. The number of aryl methyl sites for hydroxylation is 1. The molecule has 0 aliphatic heterocycles. The lowest BCUT2D eigenvalue weighted by Gasteiger charge is -2.08. The maximum atomic E-state index is 11.8. The summed E-state index contributed by atoms with van der Waals surface area (Å²) in [5.41, 5.74) is 0.751. The highest BCUT2D eigenvalue weighted by Gasteiger charge is 2.48. The highest BCUT2D eigenvalue weighted by molar-refractivity contribution is 7.89. The van der Waals surface area contributed by atoms with Gasteiger partial charge in [-0.25, -0.2) is 13.6 Å². The molecule has 1 aromatic carbocycles. The monoisotopic (exact) mass is 298 g/mol. The van der Waals surface area contributed by atoms with Crippen LogP contribution in [0.4, 0.5) is 5.69 Å². The lowest BCUT2D eigenvalue weighted by Crippen LogP contribution is -2.18. The molecule has 2 atom stereocenters. The van der Waals surface area contributed by atoms with Gasteiger partial charge in [-0.2, -0.15) is 0 Å². The number of sulfonamides is 1. The normalized spacial score (nSPS) is 21.3. The molecule has 0 spiro atoms. The molecule has 0 aromatic heterocycles. The molecular weight excluding hydrogens is 284 g/mol. The van der Waals surface area contributed by atoms with Crippen molar-refractivity contribution in [3.05, 3.63) is 23.8 Å². The summed E-state index contributed by atoms with van der Waals surface area (Å²) in [6, 6.07) is 4.33. The van der Waals surface area contributed by atoms with E-state index in [0.717, 1.165) is 0 Å². The lowest BCUT2D eigenvalue weighted by molar-refractivity contribution is -0.139. The second-order valence-corrected chi connectivity index (χ2v) is 6.33. The predicted molar refractivity (Wildman–Crippen MR) is 70.4 cm³/mol. The Labute approximate surface area is 115 Å². The largest absolute Gasteiger partial charge is 0.481 e. The standard InChI is InChI=1S/C12H14N2O5S/c1-6-2-3-7(4-10(6)20(13,18)19)14-11(15)8-5-9(8)12(16)17/h2-4,8-9H,5H2,1H3,(H,14,15)(H,16,17)(H2,13,18,19)/t8-,9+/m1/s1. The third-order valence-electron chi connectivity index (χ3n) is 3.21. The number of anilines is 1. The van der Waals surface area contributed by atoms with E-state index < -0.39 is 33.7 Å². The van der Waals surface area contributed by atoms with Crippen LogP contribution in [0.2, 0.25) is 0 Å². The molecule has 0 saturated heterocycles. The first-order chi connectivity index (χ1) is 9.20. The van der Waals surface area contributed by atoms with Crippen LogP contribution in [-0.2, 0) is 19.6 Å². The first kappa shape index (κ1) is 14.5. The van der Waals surface area contributed by atoms with Crippen LogP contribution in [0.3, 0.4) is 0 Å². The average molecular weight is 298 g/mol. The summed E-state index contributed by atoms with van der Waals surface area (Å²) in [4.78, 5) is 22.4. The summed E-state index contributed by atoms with van der Waals surface area (Å²) in [5.74, 6) is -2.65. The van der Waals surface area contributed by atoms with Gasteiger partial charge in [-0.05, 0) is 31.0 Å². The van der Waals surface area contributed by atoms with Crippen molar-refractivity contribution in [2.45, 2.75) is 18.2 Å². The van der Waals surface area contributed by atoms with Gasteiger partial charge in [-0.1, -0.05) is 6.07 Å². The molecule has 2 rings (SSSR count). The highest BCUT2D eigenvalue weighted by Crippen LogP contribution is 2.39. The fourth-order valence-electron chi connectivity index (χ4n) is 1.98. The predicted octanol–water partition coefficient (Wildman–Crippen LogP) is 0.302. The number of hydrogen-bond donors (Lipinski definition) is 3. The van der Waals surface area contributed by atoms with E-state index in [2.05, 4.69) is 5.32 Å². The Hall–Kier alpha value is -1.93. The van der Waals surface area contributed by atoms with Crippen LogP contribution in [0, 0.1) is 18.8 Å². The number of rotatable bonds is 4. The number of nitrogens with two attached hydrogens (primary N) is 1. The molecule has 0 bridgehead atoms. The zero-order valence-corrected chi connectivity index (χ0v) is 11.5. The molecule has 1 aromatic rings. The molecule has 0 heterocycles. The minimum atomic E-state index is -3.87. The molecule has 1 aliphatic carbocycles. The minimum absolute atomic E-state index is 0.0686. The molecule has 108 valence electrons. The second kappa shape index (κ2) is 4.88. The van der Waals surface area contributed by atoms with E-state index in [1.54, 1.807) is 13.0 Å². The van der Waals surface area contributed by atoms with E-state index in [0.29, 0.717) is 12.0 Å². The van der Waals surface area contributed by atoms with E-state index in [4.69, 9.17) is 10.2 Å². The van der Waals surface area contributed by atoms with Crippen molar-refractivity contribution in [3.63, 3.8) is 0 Å². The van der Waals surface area contributed by atoms with Crippen LogP contribution in [-0.4, -0.2) is 25.4 Å². The van der Waals surface area contributed by atoms with Crippen molar-refractivity contribution >= 4 is 27.6 Å². The maximum absolute atomic E-state index is 11.8. The number of carboxylic acids is 1. The molecule has 0 radical (unpaired) electrons. The molecule has 8 heteroatoms. The van der Waals surface area contributed by atoms with Crippen molar-refractivity contribution in [3.8, 4) is 0 Å². The average Bonchev–Trinajstić information content (AvgIpc) is 3.10. The van der Waals surface area contributed by atoms with Gasteiger partial charge in [0.25, 0.3) is 0 Å². The number of carboxylic acid groups (broad SMARTS) is 1. The Bertz CT molecular complexity index is 683. The molecular formula is C12H14N2O5S. The zero-order chi connectivity index (χ0) is 15.1. The summed E-state index contributed by atoms with van der Waals surface area (Å²) in [5, 5.41) is 16.3. The van der Waals surface area contributed by atoms with Gasteiger partial charge >= 0.3 is 5.97 Å². The first-order valence-corrected chi connectivity index (χ1v) is 7.42. The van der Waals surface area contributed by atoms with Gasteiger partial charge in [0.15, 0.2) is 0 Å². The number of nitrogens with one attached hydrogen (secondary N) is 1. The number of aliphatic carboxylic acids is 1. The van der Waals surface area contributed by atoms with Crippen molar-refractivity contribution in [2.75, 3.05) is 5.32 Å². The summed E-state index contributed by atoms with van der Waals surface area (Å²) in [6.07, 6.45) is 0.301. The number of benzene rings is 1. The van der Waals surface area contributed by atoms with Crippen LogP contribution in [0.15, 0.2) is 23.1 Å². The summed E-state index contributed by atoms with van der Waals surface area (Å²) >= 11 is 0. The van der Waals surface area contributed by atoms with Crippen LogP contribution < -0.4 is 10.5 Å². The zero-order valence-electron chi connectivity index (χ0n) is 10.7. The quantitative estimate of drug-likeness (QED) is 0.737. The summed E-state index contributed by atoms with van der Waals surface area (Å²) in [6.45, 7) is 1.59. The van der Waals surface area contributed by atoms with E-state index >= 15 is 0 Å². The highest BCUT2D eigenvalue weighted by atomic mass is 32.2. The fraction of sp³-hybridized carbons (Fsp3) is 0.333. The summed E-state index contributed by atoms with van der Waals surface area (Å²) in [7, 11) is -3.87. The van der Waals surface area contributed by atoms with E-state index in [1.165, 1.54) is 12.1 Å². The van der Waals surface area contributed by atoms with Crippen molar-refractivity contribution in [1.82, 2.24) is 0 Å². The van der Waals surface area contributed by atoms with Gasteiger partial charge in [0.1, 0.15) is 0 Å². The van der Waals surface area contributed by atoms with E-state index in [9.17, 15) is 18.0 Å². The third kappa shape index (κ3) is 2.97. The Morgan fingerprint density at radius 1 is 1.35 bits per heavy atom. The SMILES string of the molecule is Cc1ccc(NC(=O)[C@@H]2C[C@@H]2C(=O)O)cc1S(N)(=O)=O. The van der Waals surface area contributed by atoms with Gasteiger partial charge in [-0.3, -0.25) is 9.59 Å². The van der Waals surface area contributed by atoms with Crippen LogP contribution in [0.1, 0.15) is 12.0 Å². The smallest absolute Gasteiger partial charge is 0.307 e. The Balaban J connectivity index is 2.15.